The van der Waals surface area contributed by atoms with E-state index in [2.05, 4.69) is 45.7 Å². The number of pyridine rings is 1. The second kappa shape index (κ2) is 12.9. The number of halogens is 1. The number of aromatic nitrogens is 5. The van der Waals surface area contributed by atoms with Crippen molar-refractivity contribution in [2.45, 2.75) is 39.8 Å². The van der Waals surface area contributed by atoms with Gasteiger partial charge in [-0.1, -0.05) is 61.6 Å². The van der Waals surface area contributed by atoms with Crippen LogP contribution in [0.4, 0.5) is 0 Å². The van der Waals surface area contributed by atoms with Crippen LogP contribution in [0.1, 0.15) is 60.0 Å². The van der Waals surface area contributed by atoms with Crippen molar-refractivity contribution in [2.75, 3.05) is 20.1 Å². The molecule has 0 saturated carbocycles. The molecule has 0 bridgehead atoms. The van der Waals surface area contributed by atoms with E-state index in [0.29, 0.717) is 29.8 Å². The number of hydrogen-bond donors (Lipinski definition) is 2. The number of carbonyl (C=O) groups is 1. The summed E-state index contributed by atoms with van der Waals surface area (Å²) >= 11 is 6.28. The maximum atomic E-state index is 13.7. The molecule has 6 rings (SSSR count). The molecule has 44 heavy (non-hydrogen) atoms. The monoisotopic (exact) mass is 603 g/mol. The molecule has 3 aromatic heterocycles. The summed E-state index contributed by atoms with van der Waals surface area (Å²) < 4.78 is 0. The van der Waals surface area contributed by atoms with Crippen LogP contribution in [-0.4, -0.2) is 60.8 Å². The van der Waals surface area contributed by atoms with Crippen LogP contribution in [-0.2, 0) is 13.1 Å². The predicted octanol–water partition coefficient (Wildman–Crippen LogP) is 6.93. The fourth-order valence-corrected chi connectivity index (χ4v) is 5.68. The molecule has 1 amide bonds. The Bertz CT molecular complexity index is 2030. The number of H-pyrrole nitrogens is 2. The van der Waals surface area contributed by atoms with Crippen molar-refractivity contribution in [3.63, 3.8) is 0 Å². The number of benzene rings is 3. The third kappa shape index (κ3) is 6.45. The lowest BCUT2D eigenvalue weighted by molar-refractivity contribution is 0.0735. The zero-order chi connectivity index (χ0) is 30.6. The van der Waals surface area contributed by atoms with Gasteiger partial charge in [0.25, 0.3) is 5.91 Å². The quantitative estimate of drug-likeness (QED) is 0.138. The Hall–Kier alpha value is -4.71. The van der Waals surface area contributed by atoms with Crippen molar-refractivity contribution in [2.24, 2.45) is 0 Å². The van der Waals surface area contributed by atoms with Crippen molar-refractivity contribution in [1.82, 2.24) is 34.7 Å². The first-order valence-electron chi connectivity index (χ1n) is 14.9. The number of carbonyl (C=O) groups excluding carboxylic acids is 1. The molecule has 3 heterocycles. The summed E-state index contributed by atoms with van der Waals surface area (Å²) in [6.07, 6.45) is 1.91. The molecule has 0 atom stereocenters. The number of nitrogens with one attached hydrogen (secondary N) is 2. The van der Waals surface area contributed by atoms with Gasteiger partial charge in [-0.05, 0) is 74.3 Å². The fraction of sp³-hybridized carbons (Fsp3) is 0.257. The van der Waals surface area contributed by atoms with Crippen molar-refractivity contribution in [3.8, 4) is 11.8 Å². The van der Waals surface area contributed by atoms with Crippen molar-refractivity contribution in [3.05, 3.63) is 100 Å². The molecule has 3 aromatic carbocycles. The Labute approximate surface area is 261 Å². The zero-order valence-electron chi connectivity index (χ0n) is 25.1. The SMILES string of the molecule is CCCN(C)Cc1nc2ccc(C#Cc3ccc4nc(CN(CCC)C(=O)c5nc(Cl)cc6ccccc56)[nH]c4c3)cc2[nH]1. The first-order valence-corrected chi connectivity index (χ1v) is 15.3. The van der Waals surface area contributed by atoms with Gasteiger partial charge >= 0.3 is 0 Å². The molecule has 0 saturated heterocycles. The average molecular weight is 604 g/mol. The second-order valence-corrected chi connectivity index (χ2v) is 11.4. The average Bonchev–Trinajstić information content (AvgIpc) is 3.61. The Morgan fingerprint density at radius 1 is 0.795 bits per heavy atom. The fourth-order valence-electron chi connectivity index (χ4n) is 5.47. The molecule has 0 fully saturated rings. The van der Waals surface area contributed by atoms with E-state index in [4.69, 9.17) is 21.6 Å². The molecule has 0 aliphatic carbocycles. The topological polar surface area (TPSA) is 93.8 Å². The van der Waals surface area contributed by atoms with Gasteiger partial charge in [-0.2, -0.15) is 0 Å². The number of aromatic amines is 2. The Morgan fingerprint density at radius 2 is 1.41 bits per heavy atom. The van der Waals surface area contributed by atoms with Crippen LogP contribution in [0.15, 0.2) is 66.7 Å². The van der Waals surface area contributed by atoms with E-state index in [-0.39, 0.29) is 5.91 Å². The molecule has 6 aromatic rings. The molecule has 9 heteroatoms. The molecule has 0 spiro atoms. The second-order valence-electron chi connectivity index (χ2n) is 11.1. The van der Waals surface area contributed by atoms with Crippen LogP contribution in [0.3, 0.4) is 0 Å². The van der Waals surface area contributed by atoms with E-state index < -0.39 is 0 Å². The van der Waals surface area contributed by atoms with Gasteiger partial charge in [0.1, 0.15) is 22.5 Å². The summed E-state index contributed by atoms with van der Waals surface area (Å²) in [5.41, 5.74) is 5.75. The van der Waals surface area contributed by atoms with Gasteiger partial charge in [0.15, 0.2) is 0 Å². The molecule has 0 aliphatic heterocycles. The van der Waals surface area contributed by atoms with Crippen LogP contribution in [0, 0.1) is 11.8 Å². The van der Waals surface area contributed by atoms with Gasteiger partial charge in [-0.25, -0.2) is 15.0 Å². The standard InChI is InChI=1S/C35H34ClN7O/c1-4-16-42(3)21-32-37-27-14-12-23(18-29(27)39-32)10-11-24-13-15-28-30(19-24)40-33(38-28)22-43(17-5-2)35(44)34-26-9-7-6-8-25(26)20-31(36)41-34/h6-9,12-15,18-20H,4-5,16-17,21-22H2,1-3H3,(H,37,39)(H,38,40). The Kier molecular flexibility index (Phi) is 8.60. The lowest BCUT2D eigenvalue weighted by atomic mass is 10.1. The minimum atomic E-state index is -0.174. The minimum Gasteiger partial charge on any atom is -0.341 e. The van der Waals surface area contributed by atoms with Crippen molar-refractivity contribution < 1.29 is 4.79 Å². The normalized spacial score (nSPS) is 11.4. The highest BCUT2D eigenvalue weighted by molar-refractivity contribution is 6.30. The molecule has 2 N–H and O–H groups in total. The number of rotatable bonds is 9. The summed E-state index contributed by atoms with van der Waals surface area (Å²) in [6.45, 7) is 6.92. The van der Waals surface area contributed by atoms with E-state index in [1.165, 1.54) is 0 Å². The summed E-state index contributed by atoms with van der Waals surface area (Å²) in [6, 6.07) is 21.4. The van der Waals surface area contributed by atoms with E-state index in [1.54, 1.807) is 11.0 Å². The van der Waals surface area contributed by atoms with E-state index >= 15 is 0 Å². The summed E-state index contributed by atoms with van der Waals surface area (Å²) in [7, 11) is 2.11. The number of nitrogens with zero attached hydrogens (tertiary/aromatic N) is 5. The molecule has 222 valence electrons. The molecule has 0 radical (unpaired) electrons. The summed E-state index contributed by atoms with van der Waals surface area (Å²) in [5, 5.41) is 1.96. The molecular weight excluding hydrogens is 570 g/mol. The molecule has 8 nitrogen and oxygen atoms in total. The molecule has 0 aliphatic rings. The highest BCUT2D eigenvalue weighted by atomic mass is 35.5. The van der Waals surface area contributed by atoms with Gasteiger partial charge in [-0.3, -0.25) is 9.69 Å². The zero-order valence-corrected chi connectivity index (χ0v) is 25.9. The number of amides is 1. The van der Waals surface area contributed by atoms with Crippen LogP contribution >= 0.6 is 11.6 Å². The molecular formula is C35H34ClN7O. The Balaban J connectivity index is 1.21. The van der Waals surface area contributed by atoms with Gasteiger partial charge in [-0.15, -0.1) is 0 Å². The third-order valence-electron chi connectivity index (χ3n) is 7.47. The van der Waals surface area contributed by atoms with Crippen LogP contribution in [0.25, 0.3) is 32.8 Å². The first kappa shape index (κ1) is 29.4. The smallest absolute Gasteiger partial charge is 0.273 e. The van der Waals surface area contributed by atoms with Crippen LogP contribution in [0.5, 0.6) is 0 Å². The van der Waals surface area contributed by atoms with Gasteiger partial charge < -0.3 is 14.9 Å². The van der Waals surface area contributed by atoms with E-state index in [1.807, 2.05) is 67.6 Å². The largest absolute Gasteiger partial charge is 0.341 e. The first-order chi connectivity index (χ1) is 21.4. The van der Waals surface area contributed by atoms with Crippen LogP contribution < -0.4 is 0 Å². The lowest BCUT2D eigenvalue weighted by Gasteiger charge is -2.21. The highest BCUT2D eigenvalue weighted by Gasteiger charge is 2.21. The van der Waals surface area contributed by atoms with Crippen molar-refractivity contribution >= 4 is 50.3 Å². The van der Waals surface area contributed by atoms with Gasteiger partial charge in [0.05, 0.1) is 35.2 Å². The minimum absolute atomic E-state index is 0.174. The maximum absolute atomic E-state index is 13.7. The van der Waals surface area contributed by atoms with Gasteiger partial charge in [0.2, 0.25) is 0 Å². The van der Waals surface area contributed by atoms with Crippen molar-refractivity contribution in [1.29, 1.82) is 0 Å². The summed E-state index contributed by atoms with van der Waals surface area (Å²) in [5.74, 6) is 8.04. The lowest BCUT2D eigenvalue weighted by Crippen LogP contribution is -2.32. The van der Waals surface area contributed by atoms with E-state index in [9.17, 15) is 4.79 Å². The highest BCUT2D eigenvalue weighted by Crippen LogP contribution is 2.23. The number of imidazole rings is 2. The van der Waals surface area contributed by atoms with Crippen LogP contribution in [0.2, 0.25) is 5.15 Å². The number of fused-ring (bicyclic) bond motifs is 3. The van der Waals surface area contributed by atoms with Gasteiger partial charge in [0, 0.05) is 23.1 Å². The number of hydrogen-bond acceptors (Lipinski definition) is 5. The summed E-state index contributed by atoms with van der Waals surface area (Å²) in [4.78, 5) is 38.4. The molecule has 0 unspecified atom stereocenters. The van der Waals surface area contributed by atoms with E-state index in [0.717, 1.165) is 75.7 Å². The maximum Gasteiger partial charge on any atom is 0.273 e. The predicted molar refractivity (Wildman–Crippen MR) is 177 cm³/mol. The Morgan fingerprint density at radius 3 is 2.05 bits per heavy atom. The third-order valence-corrected chi connectivity index (χ3v) is 7.66.